The van der Waals surface area contributed by atoms with Gasteiger partial charge in [-0.3, -0.25) is 0 Å². The van der Waals surface area contributed by atoms with E-state index in [0.717, 1.165) is 17.5 Å². The zero-order valence-electron chi connectivity index (χ0n) is 17.1. The molecule has 3 aromatic rings. The Morgan fingerprint density at radius 1 is 1.23 bits per heavy atom. The molecule has 1 aliphatic heterocycles. The molecular weight excluding hydrogens is 419 g/mol. The highest BCUT2D eigenvalue weighted by Gasteiger charge is 2.45. The number of fused-ring (bicyclic) bond motifs is 7. The molecule has 1 fully saturated rings. The molecule has 4 bridgehead atoms. The summed E-state index contributed by atoms with van der Waals surface area (Å²) in [4.78, 5) is 4.66. The number of nitrogens with zero attached hydrogens (tertiary/aromatic N) is 1. The van der Waals surface area contributed by atoms with Gasteiger partial charge >= 0.3 is 0 Å². The van der Waals surface area contributed by atoms with Gasteiger partial charge in [-0.05, 0) is 42.9 Å². The van der Waals surface area contributed by atoms with Gasteiger partial charge in [0.25, 0.3) is 0 Å². The van der Waals surface area contributed by atoms with Crippen LogP contribution in [-0.4, -0.2) is 25.7 Å². The molecule has 1 aliphatic carbocycles. The van der Waals surface area contributed by atoms with Crippen LogP contribution in [0.5, 0.6) is 5.75 Å². The number of aromatic nitrogens is 1. The maximum atomic E-state index is 14.6. The molecule has 162 valence electrons. The lowest BCUT2D eigenvalue weighted by Gasteiger charge is -2.27. The van der Waals surface area contributed by atoms with Gasteiger partial charge < -0.3 is 9.15 Å². The minimum absolute atomic E-state index is 0.0816. The first kappa shape index (κ1) is 20.2. The topological polar surface area (TPSA) is 81.4 Å². The summed E-state index contributed by atoms with van der Waals surface area (Å²) in [6.07, 6.45) is 5.41. The summed E-state index contributed by atoms with van der Waals surface area (Å²) >= 11 is 0. The number of halogens is 1. The summed E-state index contributed by atoms with van der Waals surface area (Å²) in [5, 5.41) is 0. The van der Waals surface area contributed by atoms with E-state index in [0.29, 0.717) is 36.4 Å². The van der Waals surface area contributed by atoms with Crippen molar-refractivity contribution in [3.05, 3.63) is 71.7 Å². The third kappa shape index (κ3) is 3.97. The van der Waals surface area contributed by atoms with Crippen LogP contribution in [-0.2, 0) is 28.5 Å². The maximum absolute atomic E-state index is 14.6. The van der Waals surface area contributed by atoms with E-state index in [-0.39, 0.29) is 18.4 Å². The fourth-order valence-corrected chi connectivity index (χ4v) is 5.65. The number of oxazole rings is 1. The second-order valence-electron chi connectivity index (χ2n) is 8.54. The number of nitrogens with one attached hydrogen (secondary N) is 1. The summed E-state index contributed by atoms with van der Waals surface area (Å²) in [5.74, 6) is 0.340. The summed E-state index contributed by atoms with van der Waals surface area (Å²) in [6.45, 7) is 0.0816. The zero-order valence-corrected chi connectivity index (χ0v) is 17.9. The van der Waals surface area contributed by atoms with Crippen molar-refractivity contribution in [2.24, 2.45) is 0 Å². The molecule has 1 saturated carbocycles. The molecule has 1 spiro atoms. The number of sulfonamides is 1. The number of hydrogen-bond donors (Lipinski definition) is 1. The zero-order chi connectivity index (χ0) is 21.6. The molecule has 0 saturated heterocycles. The van der Waals surface area contributed by atoms with Gasteiger partial charge in [0.2, 0.25) is 15.9 Å². The monoisotopic (exact) mass is 442 g/mol. The van der Waals surface area contributed by atoms with Crippen LogP contribution in [0.15, 0.2) is 53.1 Å². The highest BCUT2D eigenvalue weighted by atomic mass is 32.2. The van der Waals surface area contributed by atoms with Gasteiger partial charge in [0.15, 0.2) is 11.6 Å². The predicted molar refractivity (Wildman–Crippen MR) is 114 cm³/mol. The summed E-state index contributed by atoms with van der Waals surface area (Å²) in [5.41, 5.74) is 2.75. The van der Waals surface area contributed by atoms with Crippen molar-refractivity contribution >= 4 is 10.0 Å². The van der Waals surface area contributed by atoms with Crippen LogP contribution in [0.2, 0.25) is 0 Å². The van der Waals surface area contributed by atoms with Crippen LogP contribution >= 0.6 is 0 Å². The Morgan fingerprint density at radius 2 is 2.06 bits per heavy atom. The third-order valence-corrected chi connectivity index (χ3v) is 6.87. The molecule has 0 amide bonds. The van der Waals surface area contributed by atoms with Gasteiger partial charge in [0.1, 0.15) is 18.6 Å². The van der Waals surface area contributed by atoms with Gasteiger partial charge in [0, 0.05) is 11.6 Å². The molecule has 1 aromatic heterocycles. The Labute approximate surface area is 180 Å². The quantitative estimate of drug-likeness (QED) is 0.650. The standard InChI is InChI=1S/C23H23FN2O4S/c1-31(27,28)26-17-8-9-23(12-17)11-15-4-2-5-16(10-15)19-6-3-7-20(24)21(19)29-13-18-14-30-22(23)25-18/h2-7,10,14,17,26H,8-9,11-13H2,1H3/t17-,23+/m0/s1. The first-order chi connectivity index (χ1) is 14.8. The number of rotatable bonds is 2. The average molecular weight is 443 g/mol. The summed E-state index contributed by atoms with van der Waals surface area (Å²) < 4.78 is 52.6. The Balaban J connectivity index is 1.60. The molecule has 2 atom stereocenters. The van der Waals surface area contributed by atoms with E-state index in [1.807, 2.05) is 30.3 Å². The van der Waals surface area contributed by atoms with E-state index in [9.17, 15) is 12.8 Å². The largest absolute Gasteiger partial charge is 0.483 e. The Hall–Kier alpha value is -2.71. The van der Waals surface area contributed by atoms with Gasteiger partial charge in [-0.15, -0.1) is 0 Å². The maximum Gasteiger partial charge on any atom is 0.208 e. The molecule has 6 nitrogen and oxygen atoms in total. The third-order valence-electron chi connectivity index (χ3n) is 6.11. The van der Waals surface area contributed by atoms with E-state index < -0.39 is 21.3 Å². The first-order valence-corrected chi connectivity index (χ1v) is 12.1. The summed E-state index contributed by atoms with van der Waals surface area (Å²) in [7, 11) is -3.31. The normalized spacial score (nSPS) is 23.0. The minimum Gasteiger partial charge on any atom is -0.483 e. The molecule has 2 heterocycles. The molecular formula is C23H23FN2O4S. The molecule has 0 radical (unpaired) electrons. The van der Waals surface area contributed by atoms with Crippen molar-refractivity contribution in [3.63, 3.8) is 0 Å². The molecule has 1 N–H and O–H groups in total. The van der Waals surface area contributed by atoms with E-state index in [2.05, 4.69) is 9.71 Å². The van der Waals surface area contributed by atoms with Crippen molar-refractivity contribution in [2.75, 3.05) is 6.26 Å². The van der Waals surface area contributed by atoms with E-state index in [1.165, 1.54) is 12.3 Å². The average Bonchev–Trinajstić information content (AvgIpc) is 3.33. The number of hydrogen-bond acceptors (Lipinski definition) is 5. The Morgan fingerprint density at radius 3 is 2.90 bits per heavy atom. The van der Waals surface area contributed by atoms with Crippen LogP contribution in [0.25, 0.3) is 11.1 Å². The van der Waals surface area contributed by atoms with Crippen LogP contribution in [0.1, 0.15) is 36.4 Å². The van der Waals surface area contributed by atoms with Gasteiger partial charge in [-0.1, -0.05) is 36.4 Å². The number of benzene rings is 2. The molecule has 31 heavy (non-hydrogen) atoms. The number of para-hydroxylation sites is 1. The minimum atomic E-state index is -3.31. The van der Waals surface area contributed by atoms with Gasteiger partial charge in [-0.25, -0.2) is 22.5 Å². The number of ether oxygens (including phenoxy) is 1. The van der Waals surface area contributed by atoms with E-state index >= 15 is 0 Å². The van der Waals surface area contributed by atoms with Crippen molar-refractivity contribution in [3.8, 4) is 16.9 Å². The van der Waals surface area contributed by atoms with Crippen molar-refractivity contribution in [1.29, 1.82) is 0 Å². The van der Waals surface area contributed by atoms with Gasteiger partial charge in [0.05, 0.1) is 11.7 Å². The molecule has 8 heteroatoms. The fourth-order valence-electron chi connectivity index (χ4n) is 4.85. The van der Waals surface area contributed by atoms with Crippen molar-refractivity contribution < 1.29 is 22.0 Å². The SMILES string of the molecule is CS(=O)(=O)N[C@H]1CC[C@@]2(Cc3cccc(c3)-c3cccc(F)c3OCc3coc2n3)C1. The van der Waals surface area contributed by atoms with Crippen LogP contribution < -0.4 is 9.46 Å². The molecule has 5 rings (SSSR count). The molecule has 2 aliphatic rings. The van der Waals surface area contributed by atoms with Gasteiger partial charge in [-0.2, -0.15) is 0 Å². The highest BCUT2D eigenvalue weighted by molar-refractivity contribution is 7.88. The lowest BCUT2D eigenvalue weighted by atomic mass is 9.79. The first-order valence-electron chi connectivity index (χ1n) is 10.2. The summed E-state index contributed by atoms with van der Waals surface area (Å²) in [6, 6.07) is 12.7. The lowest BCUT2D eigenvalue weighted by Crippen LogP contribution is -2.35. The predicted octanol–water partition coefficient (Wildman–Crippen LogP) is 3.96. The van der Waals surface area contributed by atoms with E-state index in [1.54, 1.807) is 12.3 Å². The fraction of sp³-hybridized carbons (Fsp3) is 0.348. The van der Waals surface area contributed by atoms with Crippen LogP contribution in [0.3, 0.4) is 0 Å². The van der Waals surface area contributed by atoms with Crippen molar-refractivity contribution in [1.82, 2.24) is 9.71 Å². The van der Waals surface area contributed by atoms with Crippen LogP contribution in [0.4, 0.5) is 4.39 Å². The van der Waals surface area contributed by atoms with E-state index in [4.69, 9.17) is 9.15 Å². The van der Waals surface area contributed by atoms with Crippen LogP contribution in [0, 0.1) is 5.82 Å². The Kier molecular flexibility index (Phi) is 4.86. The second kappa shape index (κ2) is 7.46. The second-order valence-corrected chi connectivity index (χ2v) is 10.3. The Bertz CT molecular complexity index is 1240. The molecule has 0 unspecified atom stereocenters. The lowest BCUT2D eigenvalue weighted by molar-refractivity contribution is 0.287. The van der Waals surface area contributed by atoms with Crippen molar-refractivity contribution in [2.45, 2.75) is 43.7 Å². The highest BCUT2D eigenvalue weighted by Crippen LogP contribution is 2.44. The molecule has 2 aromatic carbocycles. The smallest absolute Gasteiger partial charge is 0.208 e.